The molecule has 2 aliphatic rings. The fourth-order valence-corrected chi connectivity index (χ4v) is 6.16. The smallest absolute Gasteiger partial charge is 0.271 e. The second-order valence-corrected chi connectivity index (χ2v) is 10.6. The number of amides is 2. The summed E-state index contributed by atoms with van der Waals surface area (Å²) in [5.41, 5.74) is 8.68. The minimum atomic E-state index is -0.347. The number of carbonyl (C=O) groups is 2. The maximum absolute atomic E-state index is 14.5. The first kappa shape index (κ1) is 26.7. The first-order chi connectivity index (χ1) is 18.4. The maximum atomic E-state index is 14.5. The van der Waals surface area contributed by atoms with E-state index in [4.69, 9.17) is 22.1 Å². The number of rotatable bonds is 8. The molecule has 2 saturated heterocycles. The minimum absolute atomic E-state index is 0.00778. The van der Waals surface area contributed by atoms with Gasteiger partial charge in [0.15, 0.2) is 0 Å². The number of hydrogen-bond acceptors (Lipinski definition) is 4. The summed E-state index contributed by atoms with van der Waals surface area (Å²) in [5, 5.41) is 1.53. The van der Waals surface area contributed by atoms with Gasteiger partial charge in [0.05, 0.1) is 13.2 Å². The van der Waals surface area contributed by atoms with Crippen LogP contribution in [0.15, 0.2) is 42.5 Å². The number of fused-ring (bicyclic) bond motifs is 1. The zero-order valence-electron chi connectivity index (χ0n) is 21.5. The Labute approximate surface area is 227 Å². The van der Waals surface area contributed by atoms with Crippen molar-refractivity contribution in [1.29, 1.82) is 0 Å². The van der Waals surface area contributed by atoms with E-state index in [1.165, 1.54) is 6.07 Å². The second kappa shape index (κ2) is 11.8. The topological polar surface area (TPSA) is 80.8 Å². The molecule has 2 aliphatic heterocycles. The molecule has 1 aromatic heterocycles. The molecule has 202 valence electrons. The average molecular weight is 541 g/mol. The molecule has 3 heterocycles. The number of likely N-dealkylation sites (tertiary alicyclic amines) is 1. The van der Waals surface area contributed by atoms with Gasteiger partial charge in [0.2, 0.25) is 5.91 Å². The van der Waals surface area contributed by atoms with Gasteiger partial charge in [-0.1, -0.05) is 35.9 Å². The molecule has 0 spiro atoms. The lowest BCUT2D eigenvalue weighted by Crippen LogP contribution is -2.42. The highest BCUT2D eigenvalue weighted by atomic mass is 35.5. The molecule has 0 aliphatic carbocycles. The van der Waals surface area contributed by atoms with Crippen molar-refractivity contribution < 1.29 is 18.7 Å². The number of nitrogens with two attached hydrogens (primary N) is 1. The van der Waals surface area contributed by atoms with Crippen LogP contribution < -0.4 is 5.73 Å². The van der Waals surface area contributed by atoms with Crippen LogP contribution in [0.4, 0.5) is 4.39 Å². The van der Waals surface area contributed by atoms with Crippen LogP contribution in [0.2, 0.25) is 5.02 Å². The van der Waals surface area contributed by atoms with E-state index in [-0.39, 0.29) is 30.0 Å². The summed E-state index contributed by atoms with van der Waals surface area (Å²) < 4.78 is 22.1. The molecule has 2 N–H and O–H groups in total. The lowest BCUT2D eigenvalue weighted by atomic mass is 9.88. The van der Waals surface area contributed by atoms with Gasteiger partial charge in [-0.25, -0.2) is 4.39 Å². The highest BCUT2D eigenvalue weighted by molar-refractivity contribution is 6.31. The highest BCUT2D eigenvalue weighted by Gasteiger charge is 2.30. The summed E-state index contributed by atoms with van der Waals surface area (Å²) in [6.07, 6.45) is 2.42. The molecule has 38 heavy (non-hydrogen) atoms. The van der Waals surface area contributed by atoms with E-state index in [0.29, 0.717) is 62.1 Å². The number of nitrogens with zero attached hydrogens (tertiary/aromatic N) is 3. The van der Waals surface area contributed by atoms with Crippen LogP contribution in [0.25, 0.3) is 10.9 Å². The summed E-state index contributed by atoms with van der Waals surface area (Å²) in [6.45, 7) is 4.86. The van der Waals surface area contributed by atoms with E-state index in [9.17, 15) is 14.0 Å². The van der Waals surface area contributed by atoms with Gasteiger partial charge in [-0.2, -0.15) is 0 Å². The van der Waals surface area contributed by atoms with Gasteiger partial charge >= 0.3 is 0 Å². The number of halogens is 2. The molecule has 2 fully saturated rings. The normalized spacial score (nSPS) is 17.3. The molecular weight excluding hydrogens is 507 g/mol. The van der Waals surface area contributed by atoms with E-state index in [1.54, 1.807) is 12.1 Å². The quantitative estimate of drug-likeness (QED) is 0.454. The van der Waals surface area contributed by atoms with Crippen LogP contribution in [0.1, 0.15) is 53.2 Å². The molecule has 0 radical (unpaired) electrons. The summed E-state index contributed by atoms with van der Waals surface area (Å²) in [4.78, 5) is 29.6. The highest BCUT2D eigenvalue weighted by Crippen LogP contribution is 2.36. The third-order valence-electron chi connectivity index (χ3n) is 7.76. The summed E-state index contributed by atoms with van der Waals surface area (Å²) in [7, 11) is 0. The first-order valence-corrected chi connectivity index (χ1v) is 13.7. The Hall–Kier alpha value is -2.94. The molecule has 0 atom stereocenters. The minimum Gasteiger partial charge on any atom is -0.378 e. The van der Waals surface area contributed by atoms with Gasteiger partial charge in [-0.05, 0) is 56.5 Å². The largest absolute Gasteiger partial charge is 0.378 e. The molecular formula is C29H34ClFN4O3. The lowest BCUT2D eigenvalue weighted by Gasteiger charge is -2.33. The van der Waals surface area contributed by atoms with Crippen LogP contribution >= 0.6 is 11.6 Å². The van der Waals surface area contributed by atoms with Gasteiger partial charge in [0, 0.05) is 59.7 Å². The number of primary amides is 1. The Morgan fingerprint density at radius 1 is 1.03 bits per heavy atom. The summed E-state index contributed by atoms with van der Waals surface area (Å²) in [5.74, 6) is -0.523. The van der Waals surface area contributed by atoms with Crippen molar-refractivity contribution in [3.8, 4) is 0 Å². The number of carbonyl (C=O) groups excluding carboxylic acids is 2. The fourth-order valence-electron chi connectivity index (χ4n) is 5.84. The summed E-state index contributed by atoms with van der Waals surface area (Å²) in [6, 6.07) is 12.9. The van der Waals surface area contributed by atoms with Crippen LogP contribution in [0.3, 0.4) is 0 Å². The molecule has 2 amide bonds. The fraction of sp³-hybridized carbons (Fsp3) is 0.448. The third-order valence-corrected chi connectivity index (χ3v) is 8.09. The number of ether oxygens (including phenoxy) is 1. The van der Waals surface area contributed by atoms with Gasteiger partial charge < -0.3 is 19.9 Å². The van der Waals surface area contributed by atoms with Crippen molar-refractivity contribution in [2.45, 2.75) is 44.7 Å². The molecule has 0 bridgehead atoms. The van der Waals surface area contributed by atoms with Crippen molar-refractivity contribution >= 4 is 34.3 Å². The maximum Gasteiger partial charge on any atom is 0.271 e. The molecule has 0 saturated carbocycles. The first-order valence-electron chi connectivity index (χ1n) is 13.4. The standard InChI is InChI=1S/C29H34ClFN4O3/c30-23-6-3-7-24(31)27(23)20-10-13-33(14-11-20)19-22-21-5-1-2-8-25(21)35(12-4-9-26(32)36)28(22)29(37)34-15-17-38-18-16-34/h1-3,5-8,20H,4,9-19H2,(H2,32,36). The molecule has 5 rings (SSSR count). The number of aromatic nitrogens is 1. The Morgan fingerprint density at radius 2 is 1.76 bits per heavy atom. The van der Waals surface area contributed by atoms with Crippen molar-refractivity contribution in [3.63, 3.8) is 0 Å². The number of hydrogen-bond donors (Lipinski definition) is 1. The number of benzene rings is 2. The van der Waals surface area contributed by atoms with Crippen molar-refractivity contribution in [3.05, 3.63) is 70.1 Å². The van der Waals surface area contributed by atoms with E-state index in [0.717, 1.165) is 42.4 Å². The van der Waals surface area contributed by atoms with E-state index in [1.807, 2.05) is 23.1 Å². The monoisotopic (exact) mass is 540 g/mol. The van der Waals surface area contributed by atoms with Crippen LogP contribution in [0.5, 0.6) is 0 Å². The Morgan fingerprint density at radius 3 is 2.47 bits per heavy atom. The number of morpholine rings is 1. The molecule has 3 aromatic rings. The Balaban J connectivity index is 1.44. The predicted molar refractivity (Wildman–Crippen MR) is 146 cm³/mol. The third kappa shape index (κ3) is 5.58. The molecule has 9 heteroatoms. The van der Waals surface area contributed by atoms with Crippen molar-refractivity contribution in [1.82, 2.24) is 14.4 Å². The SMILES string of the molecule is NC(=O)CCCn1c(C(=O)N2CCOCC2)c(CN2CCC(c3c(F)cccc3Cl)CC2)c2ccccc21. The number of piperidine rings is 1. The molecule has 7 nitrogen and oxygen atoms in total. The average Bonchev–Trinajstić information content (AvgIpc) is 3.22. The van der Waals surface area contributed by atoms with Crippen molar-refractivity contribution in [2.24, 2.45) is 5.73 Å². The van der Waals surface area contributed by atoms with E-state index < -0.39 is 0 Å². The number of aryl methyl sites for hydroxylation is 1. The van der Waals surface area contributed by atoms with Crippen molar-refractivity contribution in [2.75, 3.05) is 39.4 Å². The lowest BCUT2D eigenvalue weighted by molar-refractivity contribution is -0.118. The Kier molecular flexibility index (Phi) is 8.31. The zero-order chi connectivity index (χ0) is 26.6. The van der Waals surface area contributed by atoms with Gasteiger partial charge in [0.1, 0.15) is 11.5 Å². The van der Waals surface area contributed by atoms with Crippen LogP contribution in [-0.4, -0.2) is 65.6 Å². The van der Waals surface area contributed by atoms with E-state index in [2.05, 4.69) is 15.5 Å². The van der Waals surface area contributed by atoms with Gasteiger partial charge in [-0.3, -0.25) is 14.5 Å². The van der Waals surface area contributed by atoms with Crippen LogP contribution in [0, 0.1) is 5.82 Å². The van der Waals surface area contributed by atoms with Gasteiger partial charge in [-0.15, -0.1) is 0 Å². The second-order valence-electron chi connectivity index (χ2n) is 10.2. The molecule has 0 unspecified atom stereocenters. The van der Waals surface area contributed by atoms with Gasteiger partial charge in [0.25, 0.3) is 5.91 Å². The van der Waals surface area contributed by atoms with E-state index >= 15 is 0 Å². The summed E-state index contributed by atoms with van der Waals surface area (Å²) >= 11 is 6.35. The predicted octanol–water partition coefficient (Wildman–Crippen LogP) is 4.55. The van der Waals surface area contributed by atoms with Crippen LogP contribution in [-0.2, 0) is 22.6 Å². The zero-order valence-corrected chi connectivity index (χ0v) is 22.3. The Bertz CT molecular complexity index is 1290. The molecule has 2 aromatic carbocycles. The number of para-hydroxylation sites is 1.